The zero-order valence-corrected chi connectivity index (χ0v) is 12.4. The minimum atomic E-state index is -2.42. The highest BCUT2D eigenvalue weighted by molar-refractivity contribution is 5.37. The van der Waals surface area contributed by atoms with Crippen LogP contribution < -0.4 is 5.32 Å². The minimum absolute atomic E-state index is 0.226. The Morgan fingerprint density at radius 3 is 2.76 bits per heavy atom. The Bertz CT molecular complexity index is 437. The summed E-state index contributed by atoms with van der Waals surface area (Å²) in [6, 6.07) is 2.02. The highest BCUT2D eigenvalue weighted by atomic mass is 19.3. The van der Waals surface area contributed by atoms with Crippen LogP contribution in [-0.4, -0.2) is 36.2 Å². The van der Waals surface area contributed by atoms with E-state index in [1.54, 1.807) is 0 Å². The van der Waals surface area contributed by atoms with E-state index in [2.05, 4.69) is 15.3 Å². The average Bonchev–Trinajstić information content (AvgIpc) is 2.98. The molecule has 0 unspecified atom stereocenters. The molecule has 1 aromatic heterocycles. The highest BCUT2D eigenvalue weighted by Crippen LogP contribution is 2.33. The molecule has 21 heavy (non-hydrogen) atoms. The van der Waals surface area contributed by atoms with Gasteiger partial charge in [0, 0.05) is 30.6 Å². The average molecular weight is 299 g/mol. The molecule has 0 bridgehead atoms. The Labute approximate surface area is 124 Å². The van der Waals surface area contributed by atoms with Crippen molar-refractivity contribution in [3.05, 3.63) is 17.6 Å². The summed E-state index contributed by atoms with van der Waals surface area (Å²) in [5, 5.41) is 3.21. The molecule has 1 saturated carbocycles. The van der Waals surface area contributed by atoms with E-state index in [4.69, 9.17) is 4.74 Å². The van der Waals surface area contributed by atoms with E-state index < -0.39 is 13.0 Å². The van der Waals surface area contributed by atoms with Gasteiger partial charge in [0.15, 0.2) is 0 Å². The van der Waals surface area contributed by atoms with Crippen LogP contribution in [0.3, 0.4) is 0 Å². The smallest absolute Gasteiger partial charge is 0.261 e. The van der Waals surface area contributed by atoms with Crippen molar-refractivity contribution < 1.29 is 13.5 Å². The minimum Gasteiger partial charge on any atom is -0.375 e. The Kier molecular flexibility index (Phi) is 6.29. The van der Waals surface area contributed by atoms with Gasteiger partial charge >= 0.3 is 0 Å². The van der Waals surface area contributed by atoms with Gasteiger partial charge in [0.05, 0.1) is 6.61 Å². The SMILES string of the molecule is CCNc1cc(C2CCCC2)nc(CCOCC(F)F)n1. The first-order valence-corrected chi connectivity index (χ1v) is 7.66. The van der Waals surface area contributed by atoms with Gasteiger partial charge in [0.1, 0.15) is 18.2 Å². The van der Waals surface area contributed by atoms with Gasteiger partial charge < -0.3 is 10.1 Å². The van der Waals surface area contributed by atoms with E-state index in [1.165, 1.54) is 25.7 Å². The van der Waals surface area contributed by atoms with E-state index in [0.29, 0.717) is 18.2 Å². The second-order valence-corrected chi connectivity index (χ2v) is 5.32. The van der Waals surface area contributed by atoms with Gasteiger partial charge in [-0.1, -0.05) is 12.8 Å². The molecule has 0 radical (unpaired) electrons. The second kappa shape index (κ2) is 8.22. The van der Waals surface area contributed by atoms with Crippen molar-refractivity contribution >= 4 is 5.82 Å². The Balaban J connectivity index is 2.00. The molecule has 1 aliphatic carbocycles. The number of aromatic nitrogens is 2. The fraction of sp³-hybridized carbons (Fsp3) is 0.733. The van der Waals surface area contributed by atoms with E-state index in [9.17, 15) is 8.78 Å². The first-order chi connectivity index (χ1) is 10.2. The van der Waals surface area contributed by atoms with Crippen molar-refractivity contribution in [2.45, 2.75) is 51.4 Å². The maximum Gasteiger partial charge on any atom is 0.261 e. The molecule has 0 atom stereocenters. The number of hydrogen-bond acceptors (Lipinski definition) is 4. The number of hydrogen-bond donors (Lipinski definition) is 1. The molecule has 0 amide bonds. The first-order valence-electron chi connectivity index (χ1n) is 7.66. The number of alkyl halides is 2. The summed E-state index contributed by atoms with van der Waals surface area (Å²) in [6.07, 6.45) is 2.88. The third-order valence-electron chi connectivity index (χ3n) is 3.64. The molecule has 4 nitrogen and oxygen atoms in total. The molecule has 0 saturated heterocycles. The van der Waals surface area contributed by atoms with Gasteiger partial charge in [0.2, 0.25) is 0 Å². The van der Waals surface area contributed by atoms with Gasteiger partial charge in [-0.05, 0) is 19.8 Å². The molecule has 1 fully saturated rings. The molecule has 1 aromatic rings. The summed E-state index contributed by atoms with van der Waals surface area (Å²) < 4.78 is 29.0. The normalized spacial score (nSPS) is 15.8. The van der Waals surface area contributed by atoms with Crippen LogP contribution in [-0.2, 0) is 11.2 Å². The zero-order chi connectivity index (χ0) is 15.1. The van der Waals surface area contributed by atoms with Crippen molar-refractivity contribution in [3.8, 4) is 0 Å². The molecule has 1 aliphatic rings. The van der Waals surface area contributed by atoms with E-state index in [0.717, 1.165) is 18.1 Å². The fourth-order valence-electron chi connectivity index (χ4n) is 2.67. The van der Waals surface area contributed by atoms with Crippen LogP contribution in [0.2, 0.25) is 0 Å². The molecular formula is C15H23F2N3O. The predicted octanol–water partition coefficient (Wildman–Crippen LogP) is 3.39. The number of nitrogens with one attached hydrogen (secondary N) is 1. The summed E-state index contributed by atoms with van der Waals surface area (Å²) in [5.41, 5.74) is 1.07. The summed E-state index contributed by atoms with van der Waals surface area (Å²) in [6.45, 7) is 2.51. The van der Waals surface area contributed by atoms with Crippen molar-refractivity contribution in [2.75, 3.05) is 25.1 Å². The van der Waals surface area contributed by atoms with Crippen molar-refractivity contribution in [2.24, 2.45) is 0 Å². The standard InChI is InChI=1S/C15H23F2N3O/c1-2-18-15-9-12(11-5-3-4-6-11)19-14(20-15)7-8-21-10-13(16)17/h9,11,13H,2-8,10H2,1H3,(H,18,19,20). The van der Waals surface area contributed by atoms with Crippen LogP contribution in [0.15, 0.2) is 6.07 Å². The van der Waals surface area contributed by atoms with Gasteiger partial charge in [-0.25, -0.2) is 18.7 Å². The lowest BCUT2D eigenvalue weighted by Crippen LogP contribution is -2.12. The van der Waals surface area contributed by atoms with Crippen LogP contribution in [0.5, 0.6) is 0 Å². The fourth-order valence-corrected chi connectivity index (χ4v) is 2.67. The van der Waals surface area contributed by atoms with E-state index >= 15 is 0 Å². The van der Waals surface area contributed by atoms with E-state index in [-0.39, 0.29) is 6.61 Å². The van der Waals surface area contributed by atoms with Crippen molar-refractivity contribution in [1.29, 1.82) is 0 Å². The molecule has 0 spiro atoms. The molecule has 1 N–H and O–H groups in total. The Hall–Kier alpha value is -1.30. The van der Waals surface area contributed by atoms with Crippen LogP contribution in [0.4, 0.5) is 14.6 Å². The summed E-state index contributed by atoms with van der Waals surface area (Å²) in [4.78, 5) is 9.02. The maximum atomic E-state index is 12.0. The largest absolute Gasteiger partial charge is 0.375 e. The van der Waals surface area contributed by atoms with Crippen molar-refractivity contribution in [1.82, 2.24) is 9.97 Å². The maximum absolute atomic E-state index is 12.0. The van der Waals surface area contributed by atoms with Gasteiger partial charge in [0.25, 0.3) is 6.43 Å². The lowest BCUT2D eigenvalue weighted by molar-refractivity contribution is 0.0183. The lowest BCUT2D eigenvalue weighted by Gasteiger charge is -2.13. The van der Waals surface area contributed by atoms with Gasteiger partial charge in [-0.15, -0.1) is 0 Å². The molecular weight excluding hydrogens is 276 g/mol. The topological polar surface area (TPSA) is 47.0 Å². The van der Waals surface area contributed by atoms with Crippen LogP contribution in [0.1, 0.15) is 50.0 Å². The number of ether oxygens (including phenoxy) is 1. The number of anilines is 1. The monoisotopic (exact) mass is 299 g/mol. The number of nitrogens with zero attached hydrogens (tertiary/aromatic N) is 2. The van der Waals surface area contributed by atoms with Crippen LogP contribution >= 0.6 is 0 Å². The van der Waals surface area contributed by atoms with Crippen molar-refractivity contribution in [3.63, 3.8) is 0 Å². The van der Waals surface area contributed by atoms with Gasteiger partial charge in [-0.2, -0.15) is 0 Å². The molecule has 6 heteroatoms. The third kappa shape index (κ3) is 5.19. The molecule has 118 valence electrons. The predicted molar refractivity (Wildman–Crippen MR) is 77.9 cm³/mol. The quantitative estimate of drug-likeness (QED) is 0.747. The van der Waals surface area contributed by atoms with Gasteiger partial charge in [-0.3, -0.25) is 0 Å². The third-order valence-corrected chi connectivity index (χ3v) is 3.64. The summed E-state index contributed by atoms with van der Waals surface area (Å²) >= 11 is 0. The first kappa shape index (κ1) is 16.1. The number of halogens is 2. The summed E-state index contributed by atoms with van der Waals surface area (Å²) in [5.74, 6) is 1.99. The molecule has 0 aliphatic heterocycles. The number of rotatable bonds is 8. The Morgan fingerprint density at radius 2 is 2.10 bits per heavy atom. The molecule has 2 rings (SSSR count). The lowest BCUT2D eigenvalue weighted by atomic mass is 10.0. The van der Waals surface area contributed by atoms with Crippen LogP contribution in [0, 0.1) is 0 Å². The highest BCUT2D eigenvalue weighted by Gasteiger charge is 2.20. The molecule has 1 heterocycles. The second-order valence-electron chi connectivity index (χ2n) is 5.32. The van der Waals surface area contributed by atoms with E-state index in [1.807, 2.05) is 13.0 Å². The molecule has 0 aromatic carbocycles. The zero-order valence-electron chi connectivity index (χ0n) is 12.4. The Morgan fingerprint density at radius 1 is 1.33 bits per heavy atom. The van der Waals surface area contributed by atoms with Crippen LogP contribution in [0.25, 0.3) is 0 Å². The summed E-state index contributed by atoms with van der Waals surface area (Å²) in [7, 11) is 0.